The maximum Gasteiger partial charge on any atom is 0.225 e. The molecule has 3 atom stereocenters. The van der Waals surface area contributed by atoms with Crippen LogP contribution >= 0.6 is 0 Å². The van der Waals surface area contributed by atoms with Crippen molar-refractivity contribution in [3.63, 3.8) is 0 Å². The first-order chi connectivity index (χ1) is 12.1. The molecule has 2 rings (SSSR count). The van der Waals surface area contributed by atoms with Gasteiger partial charge in [-0.2, -0.15) is 0 Å². The summed E-state index contributed by atoms with van der Waals surface area (Å²) in [6.07, 6.45) is 2.39. The lowest BCUT2D eigenvalue weighted by Gasteiger charge is -2.33. The van der Waals surface area contributed by atoms with Crippen molar-refractivity contribution in [2.75, 3.05) is 26.7 Å². The molecular weight excluding hydrogens is 316 g/mol. The van der Waals surface area contributed by atoms with Crippen LogP contribution < -0.4 is 5.32 Å². The minimum absolute atomic E-state index is 0.0135. The molecule has 0 saturated carbocycles. The molecule has 1 aromatic carbocycles. The van der Waals surface area contributed by atoms with Crippen LogP contribution in [0.15, 0.2) is 30.3 Å². The summed E-state index contributed by atoms with van der Waals surface area (Å²) in [5, 5.41) is 3.00. The number of ether oxygens (including phenoxy) is 1. The van der Waals surface area contributed by atoms with Crippen LogP contribution in [0, 0.1) is 11.8 Å². The van der Waals surface area contributed by atoms with Gasteiger partial charge in [0.2, 0.25) is 11.8 Å². The number of benzene rings is 1. The van der Waals surface area contributed by atoms with Gasteiger partial charge in [-0.05, 0) is 24.8 Å². The number of carbonyl (C=O) groups is 2. The second kappa shape index (κ2) is 9.56. The molecule has 0 radical (unpaired) electrons. The minimum Gasteiger partial charge on any atom is -0.375 e. The summed E-state index contributed by atoms with van der Waals surface area (Å²) in [5.74, 6) is 0.0754. The molecule has 0 aliphatic carbocycles. The zero-order valence-corrected chi connectivity index (χ0v) is 15.5. The fourth-order valence-corrected chi connectivity index (χ4v) is 3.22. The van der Waals surface area contributed by atoms with Gasteiger partial charge in [0.1, 0.15) is 0 Å². The summed E-state index contributed by atoms with van der Waals surface area (Å²) in [6.45, 7) is 5.70. The topological polar surface area (TPSA) is 58.6 Å². The van der Waals surface area contributed by atoms with Gasteiger partial charge in [0.05, 0.1) is 12.0 Å². The zero-order valence-electron chi connectivity index (χ0n) is 15.5. The second-order valence-electron chi connectivity index (χ2n) is 6.81. The summed E-state index contributed by atoms with van der Waals surface area (Å²) in [7, 11) is 1.65. The fraction of sp³-hybridized carbons (Fsp3) is 0.600. The summed E-state index contributed by atoms with van der Waals surface area (Å²) >= 11 is 0. The maximum atomic E-state index is 12.6. The normalized spacial score (nSPS) is 20.0. The number of piperidine rings is 1. The van der Waals surface area contributed by atoms with E-state index in [4.69, 9.17) is 4.74 Å². The molecule has 138 valence electrons. The Morgan fingerprint density at radius 1 is 1.32 bits per heavy atom. The van der Waals surface area contributed by atoms with E-state index in [-0.39, 0.29) is 29.8 Å². The number of methoxy groups -OCH3 is 1. The maximum absolute atomic E-state index is 12.6. The largest absolute Gasteiger partial charge is 0.375 e. The van der Waals surface area contributed by atoms with Crippen molar-refractivity contribution in [3.05, 3.63) is 35.9 Å². The van der Waals surface area contributed by atoms with Gasteiger partial charge in [-0.25, -0.2) is 0 Å². The highest BCUT2D eigenvalue weighted by Gasteiger charge is 2.30. The third kappa shape index (κ3) is 5.30. The van der Waals surface area contributed by atoms with Crippen molar-refractivity contribution in [3.8, 4) is 0 Å². The van der Waals surface area contributed by atoms with Crippen molar-refractivity contribution in [1.82, 2.24) is 10.2 Å². The molecule has 3 unspecified atom stereocenters. The molecule has 25 heavy (non-hydrogen) atoms. The lowest BCUT2D eigenvalue weighted by molar-refractivity contribution is -0.139. The highest BCUT2D eigenvalue weighted by atomic mass is 16.5. The number of hydrogen-bond donors (Lipinski definition) is 1. The van der Waals surface area contributed by atoms with E-state index in [0.29, 0.717) is 13.1 Å². The first-order valence-corrected chi connectivity index (χ1v) is 9.21. The van der Waals surface area contributed by atoms with Gasteiger partial charge in [0.15, 0.2) is 0 Å². The molecule has 0 spiro atoms. The molecule has 0 aromatic heterocycles. The lowest BCUT2D eigenvalue weighted by Crippen LogP contribution is -2.47. The lowest BCUT2D eigenvalue weighted by atomic mass is 9.95. The third-order valence-electron chi connectivity index (χ3n) is 5.06. The highest BCUT2D eigenvalue weighted by Crippen LogP contribution is 2.20. The average Bonchev–Trinajstić information content (AvgIpc) is 2.68. The van der Waals surface area contributed by atoms with Gasteiger partial charge in [-0.1, -0.05) is 44.2 Å². The minimum atomic E-state index is -0.161. The Hall–Kier alpha value is -1.88. The van der Waals surface area contributed by atoms with Crippen molar-refractivity contribution < 1.29 is 14.3 Å². The molecular formula is C20H30N2O3. The van der Waals surface area contributed by atoms with Gasteiger partial charge in [0, 0.05) is 32.7 Å². The van der Waals surface area contributed by atoms with E-state index >= 15 is 0 Å². The summed E-state index contributed by atoms with van der Waals surface area (Å²) < 4.78 is 5.50. The Labute approximate surface area is 150 Å². The van der Waals surface area contributed by atoms with Crippen LogP contribution in [0.25, 0.3) is 0 Å². The highest BCUT2D eigenvalue weighted by molar-refractivity contribution is 5.82. The van der Waals surface area contributed by atoms with E-state index in [1.54, 1.807) is 7.11 Å². The standard InChI is InChI=1S/C20H30N2O3/c1-4-15(2)20(24)22-12-8-11-17(14-22)19(23)21-13-18(25-3)16-9-6-5-7-10-16/h5-7,9-10,15,17-18H,4,8,11-14H2,1-3H3,(H,21,23). The van der Waals surface area contributed by atoms with Crippen LogP contribution in [0.1, 0.15) is 44.8 Å². The molecule has 5 heteroatoms. The predicted molar refractivity (Wildman–Crippen MR) is 98.0 cm³/mol. The number of rotatable bonds is 7. The van der Waals surface area contributed by atoms with Crippen molar-refractivity contribution in [2.45, 2.75) is 39.2 Å². The van der Waals surface area contributed by atoms with Crippen LogP contribution in [0.5, 0.6) is 0 Å². The number of carbonyl (C=O) groups excluding carboxylic acids is 2. The summed E-state index contributed by atoms with van der Waals surface area (Å²) in [4.78, 5) is 26.8. The predicted octanol–water partition coefficient (Wildman–Crippen LogP) is 2.78. The third-order valence-corrected chi connectivity index (χ3v) is 5.06. The monoisotopic (exact) mass is 346 g/mol. The van der Waals surface area contributed by atoms with Crippen LogP contribution in [-0.2, 0) is 14.3 Å². The Bertz CT molecular complexity index is 561. The molecule has 1 heterocycles. The molecule has 1 aliphatic heterocycles. The molecule has 0 bridgehead atoms. The Balaban J connectivity index is 1.88. The van der Waals surface area contributed by atoms with Crippen molar-refractivity contribution in [2.24, 2.45) is 11.8 Å². The number of hydrogen-bond acceptors (Lipinski definition) is 3. The molecule has 1 aliphatic rings. The summed E-state index contributed by atoms with van der Waals surface area (Å²) in [5.41, 5.74) is 1.04. The average molecular weight is 346 g/mol. The van der Waals surface area contributed by atoms with Crippen LogP contribution in [0.4, 0.5) is 0 Å². The van der Waals surface area contributed by atoms with E-state index in [9.17, 15) is 9.59 Å². The van der Waals surface area contributed by atoms with Gasteiger partial charge >= 0.3 is 0 Å². The molecule has 1 aromatic rings. The Kier molecular flexibility index (Phi) is 7.44. The van der Waals surface area contributed by atoms with E-state index in [2.05, 4.69) is 5.32 Å². The molecule has 1 N–H and O–H groups in total. The number of likely N-dealkylation sites (tertiary alicyclic amines) is 1. The first kappa shape index (κ1) is 19.4. The van der Waals surface area contributed by atoms with E-state index in [1.165, 1.54) is 0 Å². The Morgan fingerprint density at radius 3 is 2.68 bits per heavy atom. The second-order valence-corrected chi connectivity index (χ2v) is 6.81. The smallest absolute Gasteiger partial charge is 0.225 e. The number of nitrogens with zero attached hydrogens (tertiary/aromatic N) is 1. The molecule has 2 amide bonds. The van der Waals surface area contributed by atoms with Crippen LogP contribution in [-0.4, -0.2) is 43.5 Å². The number of nitrogens with one attached hydrogen (secondary N) is 1. The molecule has 1 fully saturated rings. The quantitative estimate of drug-likeness (QED) is 0.826. The molecule has 5 nitrogen and oxygen atoms in total. The molecule has 1 saturated heterocycles. The SMILES string of the molecule is CCC(C)C(=O)N1CCCC(C(=O)NCC(OC)c2ccccc2)C1. The first-order valence-electron chi connectivity index (χ1n) is 9.21. The Morgan fingerprint density at radius 2 is 2.04 bits per heavy atom. The van der Waals surface area contributed by atoms with Gasteiger partial charge < -0.3 is 15.0 Å². The van der Waals surface area contributed by atoms with E-state index in [0.717, 1.165) is 31.4 Å². The summed E-state index contributed by atoms with van der Waals surface area (Å²) in [6, 6.07) is 9.87. The van der Waals surface area contributed by atoms with Crippen LogP contribution in [0.3, 0.4) is 0 Å². The van der Waals surface area contributed by atoms with Crippen molar-refractivity contribution >= 4 is 11.8 Å². The van der Waals surface area contributed by atoms with Crippen molar-refractivity contribution in [1.29, 1.82) is 0 Å². The van der Waals surface area contributed by atoms with Gasteiger partial charge in [0.25, 0.3) is 0 Å². The van der Waals surface area contributed by atoms with E-state index in [1.807, 2.05) is 49.1 Å². The fourth-order valence-electron chi connectivity index (χ4n) is 3.22. The number of amides is 2. The zero-order chi connectivity index (χ0) is 18.2. The van der Waals surface area contributed by atoms with Gasteiger partial charge in [-0.15, -0.1) is 0 Å². The van der Waals surface area contributed by atoms with Crippen LogP contribution in [0.2, 0.25) is 0 Å². The van der Waals surface area contributed by atoms with Gasteiger partial charge in [-0.3, -0.25) is 9.59 Å². The van der Waals surface area contributed by atoms with E-state index < -0.39 is 0 Å².